The molecular formula is C12H5F4N. The van der Waals surface area contributed by atoms with Gasteiger partial charge in [-0.15, -0.1) is 0 Å². The van der Waals surface area contributed by atoms with Crippen molar-refractivity contribution in [3.63, 3.8) is 0 Å². The van der Waals surface area contributed by atoms with Gasteiger partial charge in [-0.2, -0.15) is 0 Å². The number of aromatic amines is 1. The lowest BCUT2D eigenvalue weighted by atomic mass is 10.1. The van der Waals surface area contributed by atoms with Crippen LogP contribution in [-0.4, -0.2) is 4.98 Å². The molecule has 1 heterocycles. The molecule has 0 atom stereocenters. The van der Waals surface area contributed by atoms with E-state index in [1.165, 1.54) is 0 Å². The highest BCUT2D eigenvalue weighted by Gasteiger charge is 2.14. The Morgan fingerprint density at radius 1 is 0.765 bits per heavy atom. The van der Waals surface area contributed by atoms with Gasteiger partial charge in [-0.25, -0.2) is 17.6 Å². The van der Waals surface area contributed by atoms with E-state index in [0.29, 0.717) is 12.1 Å². The van der Waals surface area contributed by atoms with Crippen LogP contribution in [0, 0.1) is 23.3 Å². The van der Waals surface area contributed by atoms with Gasteiger partial charge < -0.3 is 4.98 Å². The highest BCUT2D eigenvalue weighted by atomic mass is 19.1. The number of nitrogens with one attached hydrogen (secondary N) is 1. The van der Waals surface area contributed by atoms with Crippen LogP contribution in [0.3, 0.4) is 0 Å². The molecule has 0 amide bonds. The molecule has 1 N–H and O–H groups in total. The van der Waals surface area contributed by atoms with Gasteiger partial charge in [0.1, 0.15) is 23.3 Å². The number of H-pyrrole nitrogens is 1. The summed E-state index contributed by atoms with van der Waals surface area (Å²) in [6, 6.07) is 3.42. The van der Waals surface area contributed by atoms with Crippen molar-refractivity contribution in [3.8, 4) is 0 Å². The first-order valence-electron chi connectivity index (χ1n) is 4.82. The van der Waals surface area contributed by atoms with E-state index in [4.69, 9.17) is 0 Å². The molecule has 0 aliphatic rings. The van der Waals surface area contributed by atoms with Gasteiger partial charge in [0.2, 0.25) is 0 Å². The SMILES string of the molecule is Fc1cc(F)c2c(c1)[nH]c1c(F)cc(F)cc12. The Bertz CT molecular complexity index is 745. The van der Waals surface area contributed by atoms with Crippen molar-refractivity contribution >= 4 is 21.8 Å². The molecule has 0 spiro atoms. The van der Waals surface area contributed by atoms with Crippen LogP contribution in [0.1, 0.15) is 0 Å². The number of hydrogen-bond acceptors (Lipinski definition) is 0. The molecule has 0 bridgehead atoms. The molecule has 17 heavy (non-hydrogen) atoms. The number of halogens is 4. The first-order valence-corrected chi connectivity index (χ1v) is 4.82. The highest BCUT2D eigenvalue weighted by Crippen LogP contribution is 2.30. The van der Waals surface area contributed by atoms with Crippen LogP contribution in [0.25, 0.3) is 21.8 Å². The van der Waals surface area contributed by atoms with Crippen molar-refractivity contribution in [2.75, 3.05) is 0 Å². The van der Waals surface area contributed by atoms with E-state index in [9.17, 15) is 17.6 Å². The standard InChI is InChI=1S/C12H5F4N/c13-5-1-7-11-8(15)2-6(14)4-10(11)17-12(7)9(16)3-5/h1-4,17H. The van der Waals surface area contributed by atoms with Crippen molar-refractivity contribution in [2.45, 2.75) is 0 Å². The second-order valence-electron chi connectivity index (χ2n) is 3.75. The van der Waals surface area contributed by atoms with Crippen molar-refractivity contribution < 1.29 is 17.6 Å². The molecule has 86 valence electrons. The molecule has 0 unspecified atom stereocenters. The average molecular weight is 239 g/mol. The summed E-state index contributed by atoms with van der Waals surface area (Å²) < 4.78 is 53.0. The maximum absolute atomic E-state index is 13.6. The summed E-state index contributed by atoms with van der Waals surface area (Å²) in [5.41, 5.74) is 0.0629. The third-order valence-corrected chi connectivity index (χ3v) is 2.64. The van der Waals surface area contributed by atoms with Crippen LogP contribution in [0.15, 0.2) is 24.3 Å². The third kappa shape index (κ3) is 1.39. The number of rotatable bonds is 0. The van der Waals surface area contributed by atoms with Crippen LogP contribution < -0.4 is 0 Å². The Morgan fingerprint density at radius 3 is 2.18 bits per heavy atom. The van der Waals surface area contributed by atoms with Crippen LogP contribution in [0.5, 0.6) is 0 Å². The molecule has 0 aliphatic heterocycles. The molecule has 1 nitrogen and oxygen atoms in total. The summed E-state index contributed by atoms with van der Waals surface area (Å²) in [5, 5.41) is 0.0507. The topological polar surface area (TPSA) is 15.8 Å². The van der Waals surface area contributed by atoms with Crippen LogP contribution in [-0.2, 0) is 0 Å². The van der Waals surface area contributed by atoms with E-state index in [1.54, 1.807) is 0 Å². The first kappa shape index (κ1) is 10.1. The molecular weight excluding hydrogens is 234 g/mol. The Hall–Kier alpha value is -2.04. The zero-order valence-corrected chi connectivity index (χ0v) is 8.32. The lowest BCUT2D eigenvalue weighted by molar-refractivity contribution is 0.591. The van der Waals surface area contributed by atoms with E-state index in [1.807, 2.05) is 0 Å². The van der Waals surface area contributed by atoms with Gasteiger partial charge in [-0.1, -0.05) is 0 Å². The minimum Gasteiger partial charge on any atom is -0.352 e. The Balaban J connectivity index is 2.60. The molecule has 3 aromatic rings. The predicted octanol–water partition coefficient (Wildman–Crippen LogP) is 3.88. The summed E-state index contributed by atoms with van der Waals surface area (Å²) >= 11 is 0. The monoisotopic (exact) mass is 239 g/mol. The van der Waals surface area contributed by atoms with Crippen molar-refractivity contribution in [2.24, 2.45) is 0 Å². The summed E-state index contributed by atoms with van der Waals surface area (Å²) in [6.07, 6.45) is 0. The fourth-order valence-electron chi connectivity index (χ4n) is 1.98. The van der Waals surface area contributed by atoms with Crippen molar-refractivity contribution in [1.29, 1.82) is 0 Å². The number of hydrogen-bond donors (Lipinski definition) is 1. The molecule has 1 aromatic heterocycles. The smallest absolute Gasteiger partial charge is 0.150 e. The molecule has 0 saturated carbocycles. The van der Waals surface area contributed by atoms with Gasteiger partial charge in [0, 0.05) is 22.9 Å². The van der Waals surface area contributed by atoms with E-state index in [-0.39, 0.29) is 21.8 Å². The zero-order chi connectivity index (χ0) is 12.2. The molecule has 0 saturated heterocycles. The van der Waals surface area contributed by atoms with E-state index in [2.05, 4.69) is 4.98 Å². The maximum Gasteiger partial charge on any atom is 0.150 e. The summed E-state index contributed by atoms with van der Waals surface area (Å²) in [4.78, 5) is 2.53. The largest absolute Gasteiger partial charge is 0.352 e. The van der Waals surface area contributed by atoms with Gasteiger partial charge in [-0.05, 0) is 12.1 Å². The predicted molar refractivity (Wildman–Crippen MR) is 55.6 cm³/mol. The Kier molecular flexibility index (Phi) is 1.92. The van der Waals surface area contributed by atoms with E-state index >= 15 is 0 Å². The zero-order valence-electron chi connectivity index (χ0n) is 8.32. The summed E-state index contributed by atoms with van der Waals surface area (Å²) in [5.74, 6) is -3.27. The number of fused-ring (bicyclic) bond motifs is 3. The molecule has 0 fully saturated rings. The second kappa shape index (κ2) is 3.23. The van der Waals surface area contributed by atoms with Gasteiger partial charge in [-0.3, -0.25) is 0 Å². The van der Waals surface area contributed by atoms with Crippen LogP contribution >= 0.6 is 0 Å². The van der Waals surface area contributed by atoms with E-state index in [0.717, 1.165) is 12.1 Å². The van der Waals surface area contributed by atoms with Gasteiger partial charge in [0.05, 0.1) is 11.0 Å². The maximum atomic E-state index is 13.6. The quantitative estimate of drug-likeness (QED) is 0.573. The fraction of sp³-hybridized carbons (Fsp3) is 0. The van der Waals surface area contributed by atoms with Gasteiger partial charge in [0.15, 0.2) is 0 Å². The fourth-order valence-corrected chi connectivity index (χ4v) is 1.98. The first-order chi connectivity index (χ1) is 8.06. The minimum absolute atomic E-state index is 0.0141. The van der Waals surface area contributed by atoms with E-state index < -0.39 is 23.3 Å². The molecule has 0 radical (unpaired) electrons. The highest BCUT2D eigenvalue weighted by molar-refractivity contribution is 6.07. The third-order valence-electron chi connectivity index (χ3n) is 2.64. The second-order valence-corrected chi connectivity index (χ2v) is 3.75. The minimum atomic E-state index is -0.851. The molecule has 2 aromatic carbocycles. The lowest BCUT2D eigenvalue weighted by Crippen LogP contribution is -1.82. The number of benzene rings is 2. The number of aromatic nitrogens is 1. The average Bonchev–Trinajstić information content (AvgIpc) is 2.56. The Labute approximate surface area is 92.7 Å². The Morgan fingerprint density at radius 2 is 1.41 bits per heavy atom. The summed E-state index contributed by atoms with van der Waals surface area (Å²) in [7, 11) is 0. The van der Waals surface area contributed by atoms with Crippen LogP contribution in [0.2, 0.25) is 0 Å². The lowest BCUT2D eigenvalue weighted by Gasteiger charge is -1.95. The summed E-state index contributed by atoms with van der Waals surface area (Å²) in [6.45, 7) is 0. The van der Waals surface area contributed by atoms with Gasteiger partial charge in [0.25, 0.3) is 0 Å². The molecule has 0 aliphatic carbocycles. The van der Waals surface area contributed by atoms with Gasteiger partial charge >= 0.3 is 0 Å². The van der Waals surface area contributed by atoms with Crippen molar-refractivity contribution in [3.05, 3.63) is 47.5 Å². The van der Waals surface area contributed by atoms with Crippen molar-refractivity contribution in [1.82, 2.24) is 4.98 Å². The molecule has 5 heteroatoms. The molecule has 3 rings (SSSR count). The van der Waals surface area contributed by atoms with Crippen LogP contribution in [0.4, 0.5) is 17.6 Å². The normalized spacial score (nSPS) is 11.5.